The number of hydrogen-bond donors (Lipinski definition) is 0. The van der Waals surface area contributed by atoms with E-state index in [2.05, 4.69) is 26.0 Å². The standard InChI is InChI=1S/C9H13.2ClH.Hf/c1-3-8-6-5-7-9(8)4-2;;;/h6H,3-5H2,1-2H3;2*1H;/q-1;;;/p-2. The van der Waals surface area contributed by atoms with Crippen LogP contribution in [0.4, 0.5) is 0 Å². The minimum absolute atomic E-state index is 0. The maximum atomic E-state index is 3.33. The van der Waals surface area contributed by atoms with E-state index in [1.807, 2.05) is 0 Å². The van der Waals surface area contributed by atoms with Gasteiger partial charge < -0.3 is 24.8 Å². The minimum Gasteiger partial charge on any atom is -1.00 e. The Balaban J connectivity index is -0.000000270. The predicted molar refractivity (Wildman–Crippen MR) is 40.0 cm³/mol. The Kier molecular flexibility index (Phi) is 15.6. The molecule has 0 radical (unpaired) electrons. The van der Waals surface area contributed by atoms with E-state index < -0.39 is 0 Å². The van der Waals surface area contributed by atoms with E-state index in [0.717, 1.165) is 12.8 Å². The molecule has 0 bridgehead atoms. The maximum absolute atomic E-state index is 3.33. The largest absolute Gasteiger partial charge is 1.00 e. The number of halogens is 2. The van der Waals surface area contributed by atoms with Crippen molar-refractivity contribution in [2.45, 2.75) is 33.1 Å². The van der Waals surface area contributed by atoms with Crippen molar-refractivity contribution in [3.05, 3.63) is 23.3 Å². The molecule has 1 aliphatic carbocycles. The summed E-state index contributed by atoms with van der Waals surface area (Å²) in [6, 6.07) is 0. The molecule has 12 heavy (non-hydrogen) atoms. The van der Waals surface area contributed by atoms with Gasteiger partial charge in [-0.1, -0.05) is 26.7 Å². The molecule has 0 aliphatic heterocycles. The van der Waals surface area contributed by atoms with Gasteiger partial charge in [-0.15, -0.1) is 6.42 Å². The molecule has 0 fully saturated rings. The van der Waals surface area contributed by atoms with Crippen molar-refractivity contribution < 1.29 is 50.7 Å². The third-order valence-corrected chi connectivity index (χ3v) is 1.79. The summed E-state index contributed by atoms with van der Waals surface area (Å²) in [6.45, 7) is 4.39. The van der Waals surface area contributed by atoms with Crippen LogP contribution in [-0.2, 0) is 25.8 Å². The molecule has 3 heteroatoms. The summed E-state index contributed by atoms with van der Waals surface area (Å²) in [5, 5.41) is 0. The molecular formula is C9H13Cl2Hf-3. The van der Waals surface area contributed by atoms with Crippen LogP contribution in [0.5, 0.6) is 0 Å². The van der Waals surface area contributed by atoms with Crippen LogP contribution in [0, 0.1) is 6.08 Å². The maximum Gasteiger partial charge on any atom is 0 e. The molecule has 0 amide bonds. The number of hydrogen-bond acceptors (Lipinski definition) is 0. The van der Waals surface area contributed by atoms with Gasteiger partial charge in [-0.3, -0.25) is 6.08 Å². The fraction of sp³-hybridized carbons (Fsp3) is 0.556. The SMILES string of the molecule is CCC1=[C-]CC=C1CC.[Cl-].[Cl-].[Hf]. The molecule has 0 atom stereocenters. The van der Waals surface area contributed by atoms with Crippen LogP contribution in [0.15, 0.2) is 17.2 Å². The van der Waals surface area contributed by atoms with Crippen molar-refractivity contribution in [1.29, 1.82) is 0 Å². The van der Waals surface area contributed by atoms with Gasteiger partial charge in [0.25, 0.3) is 0 Å². The minimum atomic E-state index is 0. The zero-order chi connectivity index (χ0) is 6.69. The summed E-state index contributed by atoms with van der Waals surface area (Å²) in [5.74, 6) is 0. The molecule has 70 valence electrons. The Morgan fingerprint density at radius 1 is 1.25 bits per heavy atom. The third kappa shape index (κ3) is 4.84. The van der Waals surface area contributed by atoms with Crippen LogP contribution >= 0.6 is 0 Å². The monoisotopic (exact) mass is 371 g/mol. The summed E-state index contributed by atoms with van der Waals surface area (Å²) < 4.78 is 0. The van der Waals surface area contributed by atoms with Crippen LogP contribution in [-0.4, -0.2) is 0 Å². The van der Waals surface area contributed by atoms with E-state index in [-0.39, 0.29) is 50.7 Å². The fourth-order valence-electron chi connectivity index (χ4n) is 1.24. The van der Waals surface area contributed by atoms with Crippen LogP contribution < -0.4 is 24.8 Å². The first kappa shape index (κ1) is 18.7. The second kappa shape index (κ2) is 10.0. The van der Waals surface area contributed by atoms with Gasteiger partial charge in [0.15, 0.2) is 0 Å². The van der Waals surface area contributed by atoms with Crippen molar-refractivity contribution in [2.24, 2.45) is 0 Å². The Labute approximate surface area is 106 Å². The summed E-state index contributed by atoms with van der Waals surface area (Å²) in [5.41, 5.74) is 2.95. The first-order valence-electron chi connectivity index (χ1n) is 3.67. The second-order valence-electron chi connectivity index (χ2n) is 2.30. The van der Waals surface area contributed by atoms with E-state index in [9.17, 15) is 0 Å². The molecule has 0 aromatic rings. The molecule has 0 saturated heterocycles. The average molecular weight is 371 g/mol. The Morgan fingerprint density at radius 3 is 2.17 bits per heavy atom. The van der Waals surface area contributed by atoms with E-state index >= 15 is 0 Å². The quantitative estimate of drug-likeness (QED) is 0.356. The Morgan fingerprint density at radius 2 is 1.83 bits per heavy atom. The zero-order valence-electron chi connectivity index (χ0n) is 7.45. The smallest absolute Gasteiger partial charge is 0 e. The average Bonchev–Trinajstić information content (AvgIpc) is 2.33. The summed E-state index contributed by atoms with van der Waals surface area (Å²) >= 11 is 0. The summed E-state index contributed by atoms with van der Waals surface area (Å²) in [6.07, 6.45) is 8.99. The predicted octanol–water partition coefficient (Wildman–Crippen LogP) is -3.13. The first-order valence-corrected chi connectivity index (χ1v) is 3.67. The molecule has 1 aliphatic rings. The van der Waals surface area contributed by atoms with Gasteiger partial charge in [0.05, 0.1) is 0 Å². The topological polar surface area (TPSA) is 0 Å². The first-order chi connectivity index (χ1) is 4.38. The Bertz CT molecular complexity index is 144. The van der Waals surface area contributed by atoms with E-state index in [1.165, 1.54) is 17.6 Å². The van der Waals surface area contributed by atoms with Gasteiger partial charge in [-0.05, 0) is 0 Å². The summed E-state index contributed by atoms with van der Waals surface area (Å²) in [4.78, 5) is 0. The molecule has 0 nitrogen and oxygen atoms in total. The van der Waals surface area contributed by atoms with Gasteiger partial charge in [0.2, 0.25) is 0 Å². The van der Waals surface area contributed by atoms with Gasteiger partial charge in [0, 0.05) is 25.8 Å². The van der Waals surface area contributed by atoms with Gasteiger partial charge in [-0.2, -0.15) is 11.6 Å². The molecule has 0 aromatic carbocycles. The van der Waals surface area contributed by atoms with Crippen LogP contribution in [0.25, 0.3) is 0 Å². The Hall–Kier alpha value is 0.930. The van der Waals surface area contributed by atoms with Crippen molar-refractivity contribution >= 4 is 0 Å². The van der Waals surface area contributed by atoms with Crippen molar-refractivity contribution in [3.63, 3.8) is 0 Å². The third-order valence-electron chi connectivity index (χ3n) is 1.79. The molecule has 0 N–H and O–H groups in total. The second-order valence-corrected chi connectivity index (χ2v) is 2.30. The normalized spacial score (nSPS) is 13.2. The van der Waals surface area contributed by atoms with Crippen LogP contribution in [0.2, 0.25) is 0 Å². The molecule has 1 rings (SSSR count). The van der Waals surface area contributed by atoms with Crippen molar-refractivity contribution in [1.82, 2.24) is 0 Å². The summed E-state index contributed by atoms with van der Waals surface area (Å²) in [7, 11) is 0. The molecular weight excluding hydrogens is 357 g/mol. The van der Waals surface area contributed by atoms with Gasteiger partial charge >= 0.3 is 0 Å². The molecule has 0 saturated carbocycles. The van der Waals surface area contributed by atoms with E-state index in [0.29, 0.717) is 0 Å². The van der Waals surface area contributed by atoms with Gasteiger partial charge in [-0.25, -0.2) is 5.57 Å². The van der Waals surface area contributed by atoms with E-state index in [4.69, 9.17) is 0 Å². The molecule has 0 heterocycles. The van der Waals surface area contributed by atoms with Crippen LogP contribution in [0.1, 0.15) is 33.1 Å². The van der Waals surface area contributed by atoms with E-state index in [1.54, 1.807) is 0 Å². The van der Waals surface area contributed by atoms with Crippen molar-refractivity contribution in [3.8, 4) is 0 Å². The fourth-order valence-corrected chi connectivity index (χ4v) is 1.24. The molecule has 0 unspecified atom stereocenters. The van der Waals surface area contributed by atoms with Gasteiger partial charge in [0.1, 0.15) is 0 Å². The van der Waals surface area contributed by atoms with Crippen LogP contribution in [0.3, 0.4) is 0 Å². The van der Waals surface area contributed by atoms with Crippen molar-refractivity contribution in [2.75, 3.05) is 0 Å². The molecule has 0 spiro atoms. The number of rotatable bonds is 2. The molecule has 0 aromatic heterocycles. The zero-order valence-corrected chi connectivity index (χ0v) is 12.6. The number of allylic oxidation sites excluding steroid dienone is 4.